The summed E-state index contributed by atoms with van der Waals surface area (Å²) >= 11 is 1.45. The van der Waals surface area contributed by atoms with Crippen LogP contribution >= 0.6 is 11.3 Å². The molecular weight excluding hydrogens is 406 g/mol. The van der Waals surface area contributed by atoms with Gasteiger partial charge in [-0.25, -0.2) is 0 Å². The molecular formula is C22H25NO6S. The molecule has 1 unspecified atom stereocenters. The Labute approximate surface area is 179 Å². The van der Waals surface area contributed by atoms with Gasteiger partial charge in [-0.2, -0.15) is 0 Å². The van der Waals surface area contributed by atoms with Gasteiger partial charge in [-0.3, -0.25) is 9.59 Å². The van der Waals surface area contributed by atoms with Crippen LogP contribution in [0, 0.1) is 6.92 Å². The quantitative estimate of drug-likeness (QED) is 0.298. The molecule has 8 heteroatoms. The van der Waals surface area contributed by atoms with Crippen LogP contribution in [0.2, 0.25) is 0 Å². The number of hydrogen-bond donors (Lipinski definition) is 1. The molecule has 0 saturated carbocycles. The summed E-state index contributed by atoms with van der Waals surface area (Å²) in [6.45, 7) is 2.72. The maximum absolute atomic E-state index is 13.0. The van der Waals surface area contributed by atoms with E-state index in [2.05, 4.69) is 0 Å². The van der Waals surface area contributed by atoms with Crippen molar-refractivity contribution in [3.63, 3.8) is 0 Å². The van der Waals surface area contributed by atoms with E-state index in [-0.39, 0.29) is 11.3 Å². The van der Waals surface area contributed by atoms with E-state index in [1.54, 1.807) is 25.3 Å². The van der Waals surface area contributed by atoms with E-state index in [1.165, 1.54) is 30.5 Å². The Kier molecular flexibility index (Phi) is 6.79. The van der Waals surface area contributed by atoms with Crippen LogP contribution in [-0.2, 0) is 14.3 Å². The third-order valence-corrected chi connectivity index (χ3v) is 6.17. The van der Waals surface area contributed by atoms with Crippen LogP contribution < -0.4 is 9.47 Å². The van der Waals surface area contributed by atoms with Gasteiger partial charge in [0.1, 0.15) is 17.3 Å². The van der Waals surface area contributed by atoms with Gasteiger partial charge in [0.15, 0.2) is 0 Å². The standard InChI is InChI=1S/C22H25NO6S/c1-13-8-11-30-21(13)18-17(20(25)22(26)23(18)9-5-10-27-2)19(24)15-12-14(28-3)6-7-16(15)29-4/h6-8,11-12,18,24H,5,9-10H2,1-4H3/b19-17+. The monoisotopic (exact) mass is 431 g/mol. The zero-order valence-corrected chi connectivity index (χ0v) is 18.2. The summed E-state index contributed by atoms with van der Waals surface area (Å²) in [6, 6.07) is 6.19. The number of benzene rings is 1. The second-order valence-corrected chi connectivity index (χ2v) is 7.82. The summed E-state index contributed by atoms with van der Waals surface area (Å²) in [4.78, 5) is 28.3. The minimum Gasteiger partial charge on any atom is -0.507 e. The highest BCUT2D eigenvalue weighted by molar-refractivity contribution is 7.10. The van der Waals surface area contributed by atoms with Gasteiger partial charge in [0, 0.05) is 25.1 Å². The highest BCUT2D eigenvalue weighted by Crippen LogP contribution is 2.44. The summed E-state index contributed by atoms with van der Waals surface area (Å²) in [6.07, 6.45) is 0.576. The first-order valence-electron chi connectivity index (χ1n) is 9.48. The van der Waals surface area contributed by atoms with Crippen molar-refractivity contribution in [1.29, 1.82) is 0 Å². The molecule has 1 aromatic carbocycles. The number of ketones is 1. The molecule has 1 atom stereocenters. The number of hydrogen-bond acceptors (Lipinski definition) is 7. The summed E-state index contributed by atoms with van der Waals surface area (Å²) in [7, 11) is 4.57. The van der Waals surface area contributed by atoms with Gasteiger partial charge in [0.25, 0.3) is 11.7 Å². The van der Waals surface area contributed by atoms with Gasteiger partial charge in [0.05, 0.1) is 31.4 Å². The molecule has 0 aliphatic carbocycles. The zero-order chi connectivity index (χ0) is 21.8. The zero-order valence-electron chi connectivity index (χ0n) is 17.4. The fraction of sp³-hybridized carbons (Fsp3) is 0.364. The number of aryl methyl sites for hydroxylation is 1. The van der Waals surface area contributed by atoms with Gasteiger partial charge in [-0.1, -0.05) is 0 Å². The first-order chi connectivity index (χ1) is 14.4. The molecule has 1 aliphatic heterocycles. The van der Waals surface area contributed by atoms with Crippen molar-refractivity contribution in [2.45, 2.75) is 19.4 Å². The lowest BCUT2D eigenvalue weighted by atomic mass is 9.97. The fourth-order valence-corrected chi connectivity index (χ4v) is 4.62. The lowest BCUT2D eigenvalue weighted by molar-refractivity contribution is -0.140. The maximum atomic E-state index is 13.0. The number of Topliss-reactive ketones (excluding diaryl/α,β-unsaturated/α-hetero) is 1. The van der Waals surface area contributed by atoms with Crippen LogP contribution in [0.1, 0.15) is 28.5 Å². The van der Waals surface area contributed by atoms with Gasteiger partial charge in [-0.05, 0) is 48.6 Å². The number of rotatable bonds is 8. The van der Waals surface area contributed by atoms with Gasteiger partial charge in [-0.15, -0.1) is 11.3 Å². The Morgan fingerprint density at radius 3 is 2.53 bits per heavy atom. The molecule has 1 N–H and O–H groups in total. The fourth-order valence-electron chi connectivity index (χ4n) is 3.57. The summed E-state index contributed by atoms with van der Waals surface area (Å²) in [5.41, 5.74) is 1.30. The van der Waals surface area contributed by atoms with E-state index in [4.69, 9.17) is 14.2 Å². The minimum absolute atomic E-state index is 0.0505. The molecule has 0 radical (unpaired) electrons. The predicted molar refractivity (Wildman–Crippen MR) is 114 cm³/mol. The number of ether oxygens (including phenoxy) is 3. The molecule has 30 heavy (non-hydrogen) atoms. The number of carbonyl (C=O) groups excluding carboxylic acids is 2. The average molecular weight is 432 g/mol. The molecule has 3 rings (SSSR count). The minimum atomic E-state index is -0.715. The van der Waals surface area contributed by atoms with Crippen LogP contribution in [0.15, 0.2) is 35.2 Å². The van der Waals surface area contributed by atoms with E-state index in [0.29, 0.717) is 36.6 Å². The first-order valence-corrected chi connectivity index (χ1v) is 10.4. The normalized spacial score (nSPS) is 18.1. The van der Waals surface area contributed by atoms with E-state index in [9.17, 15) is 14.7 Å². The summed E-state index contributed by atoms with van der Waals surface area (Å²) < 4.78 is 15.7. The smallest absolute Gasteiger partial charge is 0.295 e. The third kappa shape index (κ3) is 3.93. The highest BCUT2D eigenvalue weighted by Gasteiger charge is 2.47. The number of thiophene rings is 1. The number of likely N-dealkylation sites (tertiary alicyclic amines) is 1. The van der Waals surface area contributed by atoms with E-state index in [0.717, 1.165) is 10.4 Å². The predicted octanol–water partition coefficient (Wildman–Crippen LogP) is 3.53. The molecule has 1 amide bonds. The molecule has 2 aromatic rings. The molecule has 1 saturated heterocycles. The number of aliphatic hydroxyl groups is 1. The molecule has 0 bridgehead atoms. The molecule has 1 aliphatic rings. The van der Waals surface area contributed by atoms with Crippen molar-refractivity contribution in [2.75, 3.05) is 34.5 Å². The Balaban J connectivity index is 2.18. The van der Waals surface area contributed by atoms with Crippen molar-refractivity contribution in [3.8, 4) is 11.5 Å². The summed E-state index contributed by atoms with van der Waals surface area (Å²) in [5, 5.41) is 13.1. The van der Waals surface area contributed by atoms with E-state index < -0.39 is 17.7 Å². The molecule has 7 nitrogen and oxygen atoms in total. The van der Waals surface area contributed by atoms with Crippen LogP contribution in [0.3, 0.4) is 0 Å². The molecule has 1 fully saturated rings. The largest absolute Gasteiger partial charge is 0.507 e. The second-order valence-electron chi connectivity index (χ2n) is 6.87. The number of amides is 1. The highest BCUT2D eigenvalue weighted by atomic mass is 32.1. The number of carbonyl (C=O) groups is 2. The topological polar surface area (TPSA) is 85.3 Å². The number of nitrogens with zero attached hydrogens (tertiary/aromatic N) is 1. The lowest BCUT2D eigenvalue weighted by Gasteiger charge is -2.25. The van der Waals surface area contributed by atoms with Crippen molar-refractivity contribution < 1.29 is 28.9 Å². The van der Waals surface area contributed by atoms with Crippen molar-refractivity contribution in [3.05, 3.63) is 51.2 Å². The molecule has 1 aromatic heterocycles. The van der Waals surface area contributed by atoms with Gasteiger partial charge >= 0.3 is 0 Å². The van der Waals surface area contributed by atoms with E-state index in [1.807, 2.05) is 18.4 Å². The third-order valence-electron chi connectivity index (χ3n) is 5.10. The van der Waals surface area contributed by atoms with Crippen molar-refractivity contribution in [1.82, 2.24) is 4.90 Å². The number of aliphatic hydroxyl groups excluding tert-OH is 1. The Morgan fingerprint density at radius 1 is 1.17 bits per heavy atom. The SMILES string of the molecule is COCCCN1C(=O)C(=O)/C(=C(/O)c2cc(OC)ccc2OC)C1c1sccc1C. The number of methoxy groups -OCH3 is 3. The van der Waals surface area contributed by atoms with Crippen molar-refractivity contribution in [2.24, 2.45) is 0 Å². The summed E-state index contributed by atoms with van der Waals surface area (Å²) in [5.74, 6) is -0.757. The van der Waals surface area contributed by atoms with Crippen LogP contribution in [0.5, 0.6) is 11.5 Å². The Hall–Kier alpha value is -2.84. The molecule has 2 heterocycles. The van der Waals surface area contributed by atoms with Crippen LogP contribution in [-0.4, -0.2) is 56.2 Å². The first kappa shape index (κ1) is 21.9. The lowest BCUT2D eigenvalue weighted by Crippen LogP contribution is -2.31. The van der Waals surface area contributed by atoms with Gasteiger partial charge < -0.3 is 24.2 Å². The van der Waals surface area contributed by atoms with Crippen molar-refractivity contribution >= 4 is 28.8 Å². The van der Waals surface area contributed by atoms with Crippen LogP contribution in [0.4, 0.5) is 0 Å². The second kappa shape index (κ2) is 9.32. The molecule has 160 valence electrons. The van der Waals surface area contributed by atoms with E-state index >= 15 is 0 Å². The Bertz CT molecular complexity index is 980. The van der Waals surface area contributed by atoms with Crippen LogP contribution in [0.25, 0.3) is 5.76 Å². The molecule has 0 spiro atoms. The Morgan fingerprint density at radius 2 is 1.93 bits per heavy atom. The van der Waals surface area contributed by atoms with Gasteiger partial charge in [0.2, 0.25) is 0 Å². The average Bonchev–Trinajstić information content (AvgIpc) is 3.28. The maximum Gasteiger partial charge on any atom is 0.295 e.